The molecule has 0 amide bonds. The number of rotatable bonds is 5. The molecule has 0 aromatic carbocycles. The van der Waals surface area contributed by atoms with Crippen molar-refractivity contribution in [3.63, 3.8) is 0 Å². The van der Waals surface area contributed by atoms with E-state index < -0.39 is 0 Å². The van der Waals surface area contributed by atoms with Crippen LogP contribution in [0, 0.1) is 12.0 Å². The Morgan fingerprint density at radius 2 is 2.39 bits per heavy atom. The summed E-state index contributed by atoms with van der Waals surface area (Å²) in [6, 6.07) is 0. The maximum atomic E-state index is 8.53. The molecule has 1 heterocycles. The van der Waals surface area contributed by atoms with Crippen LogP contribution in [0.3, 0.4) is 0 Å². The third-order valence-corrected chi connectivity index (χ3v) is 2.30. The lowest BCUT2D eigenvalue weighted by atomic mass is 10.3. The van der Waals surface area contributed by atoms with Gasteiger partial charge in [-0.1, -0.05) is 24.4 Å². The van der Waals surface area contributed by atoms with Crippen LogP contribution in [0.5, 0.6) is 0 Å². The van der Waals surface area contributed by atoms with Gasteiger partial charge in [-0.25, -0.2) is 4.57 Å². The minimum atomic E-state index is 0. The van der Waals surface area contributed by atoms with Gasteiger partial charge in [-0.05, 0) is 6.42 Å². The number of imidazole rings is 1. The van der Waals surface area contributed by atoms with E-state index in [1.807, 2.05) is 24.0 Å². The van der Waals surface area contributed by atoms with E-state index in [-0.39, 0.29) is 12.4 Å². The van der Waals surface area contributed by atoms with Gasteiger partial charge in [0.2, 0.25) is 6.73 Å². The fourth-order valence-electron chi connectivity index (χ4n) is 1.33. The van der Waals surface area contributed by atoms with Crippen LogP contribution < -0.4 is 17.0 Å². The van der Waals surface area contributed by atoms with Crippen LogP contribution in [0.2, 0.25) is 0 Å². The van der Waals surface area contributed by atoms with Gasteiger partial charge in [0.05, 0.1) is 7.05 Å². The lowest BCUT2D eigenvalue weighted by Crippen LogP contribution is -3.00. The zero-order valence-corrected chi connectivity index (χ0v) is 11.4. The second kappa shape index (κ2) is 9.37. The lowest BCUT2D eigenvalue weighted by molar-refractivity contribution is -0.672. The smallest absolute Gasteiger partial charge is 0.306 e. The quantitative estimate of drug-likeness (QED) is 0.172. The molecule has 1 N–H and O–H groups in total. The summed E-state index contributed by atoms with van der Waals surface area (Å²) < 4.78 is 8.84. The van der Waals surface area contributed by atoms with Gasteiger partial charge >= 0.3 is 5.82 Å². The molecule has 0 fully saturated rings. The maximum Gasteiger partial charge on any atom is 0.306 e. The maximum absolute atomic E-state index is 8.53. The van der Waals surface area contributed by atoms with E-state index in [9.17, 15) is 0 Å². The molecular formula is C12H18ClN3O2. The molecule has 0 aliphatic carbocycles. The van der Waals surface area contributed by atoms with Crippen LogP contribution in [-0.4, -0.2) is 16.0 Å². The second-order valence-electron chi connectivity index (χ2n) is 3.64. The fourth-order valence-corrected chi connectivity index (χ4v) is 1.33. The van der Waals surface area contributed by atoms with Crippen molar-refractivity contribution in [2.75, 3.05) is 0 Å². The van der Waals surface area contributed by atoms with Crippen LogP contribution in [-0.2, 0) is 18.5 Å². The zero-order chi connectivity index (χ0) is 12.5. The Bertz CT molecular complexity index is 432. The first-order valence-corrected chi connectivity index (χ1v) is 5.61. The van der Waals surface area contributed by atoms with E-state index in [0.29, 0.717) is 6.73 Å². The van der Waals surface area contributed by atoms with Crippen LogP contribution in [0.15, 0.2) is 17.5 Å². The van der Waals surface area contributed by atoms with Crippen LogP contribution in [0.4, 0.5) is 0 Å². The molecular weight excluding hydrogens is 254 g/mol. The number of nitrogens with zero attached hydrogens (tertiary/aromatic N) is 3. The number of aryl methyl sites for hydroxylation is 1. The highest BCUT2D eigenvalue weighted by Crippen LogP contribution is 1.94. The van der Waals surface area contributed by atoms with Crippen molar-refractivity contribution < 1.29 is 26.9 Å². The van der Waals surface area contributed by atoms with Gasteiger partial charge in [-0.3, -0.25) is 0 Å². The summed E-state index contributed by atoms with van der Waals surface area (Å²) in [5.41, 5.74) is 0. The molecule has 5 nitrogen and oxygen atoms in total. The summed E-state index contributed by atoms with van der Waals surface area (Å²) in [7, 11) is 1.86. The Labute approximate surface area is 113 Å². The fraction of sp³-hybridized carbons (Fsp3) is 0.500. The highest BCUT2D eigenvalue weighted by Gasteiger charge is 2.11. The predicted octanol–water partition coefficient (Wildman–Crippen LogP) is -1.75. The summed E-state index contributed by atoms with van der Waals surface area (Å²) in [5, 5.41) is 11.5. The normalized spacial score (nSPS) is 9.67. The van der Waals surface area contributed by atoms with Crippen molar-refractivity contribution in [3.8, 4) is 12.0 Å². The number of ether oxygens (including phenoxy) is 1. The molecule has 0 aliphatic heterocycles. The largest absolute Gasteiger partial charge is 1.00 e. The average Bonchev–Trinajstić information content (AvgIpc) is 2.66. The van der Waals surface area contributed by atoms with E-state index in [1.54, 1.807) is 4.57 Å². The standard InChI is InChI=1S/C12H17N3O2.ClH/c1-3-4-5-6-9-17-11-15-8-7-14(2)12(15)10-13-16;/h7-8,10H,3-5,11H2,1-2H3;1H. The molecule has 100 valence electrons. The second-order valence-corrected chi connectivity index (χ2v) is 3.64. The molecule has 0 saturated carbocycles. The number of halogens is 1. The molecule has 0 spiro atoms. The molecule has 1 aromatic rings. The minimum absolute atomic E-state index is 0. The van der Waals surface area contributed by atoms with Gasteiger partial charge in [0.25, 0.3) is 0 Å². The van der Waals surface area contributed by atoms with Crippen LogP contribution in [0.25, 0.3) is 0 Å². The molecule has 0 aliphatic rings. The lowest BCUT2D eigenvalue weighted by Gasteiger charge is -1.96. The van der Waals surface area contributed by atoms with E-state index in [2.05, 4.69) is 24.1 Å². The van der Waals surface area contributed by atoms with Crippen molar-refractivity contribution in [2.45, 2.75) is 32.9 Å². The van der Waals surface area contributed by atoms with E-state index in [4.69, 9.17) is 9.94 Å². The average molecular weight is 272 g/mol. The van der Waals surface area contributed by atoms with Crippen molar-refractivity contribution in [3.05, 3.63) is 18.2 Å². The summed E-state index contributed by atoms with van der Waals surface area (Å²) >= 11 is 0. The van der Waals surface area contributed by atoms with Gasteiger partial charge in [0.15, 0.2) is 6.21 Å². The Kier molecular flexibility index (Phi) is 8.50. The van der Waals surface area contributed by atoms with Gasteiger partial charge in [-0.2, -0.15) is 4.57 Å². The summed E-state index contributed by atoms with van der Waals surface area (Å²) in [6.07, 6.45) is 10.8. The zero-order valence-electron chi connectivity index (χ0n) is 10.6. The van der Waals surface area contributed by atoms with Gasteiger partial charge < -0.3 is 22.4 Å². The SMILES string of the molecule is CCCCC#COCn1cc[n+](C)c1C=NO.[Cl-]. The van der Waals surface area contributed by atoms with Crippen molar-refractivity contribution in [2.24, 2.45) is 12.2 Å². The van der Waals surface area contributed by atoms with E-state index in [0.717, 1.165) is 25.1 Å². The molecule has 0 atom stereocenters. The molecule has 0 bridgehead atoms. The van der Waals surface area contributed by atoms with Gasteiger partial charge in [0, 0.05) is 6.42 Å². The third kappa shape index (κ3) is 5.11. The van der Waals surface area contributed by atoms with E-state index in [1.165, 1.54) is 6.21 Å². The molecule has 0 radical (unpaired) electrons. The number of hydrogen-bond donors (Lipinski definition) is 1. The molecule has 6 heteroatoms. The Morgan fingerprint density at radius 3 is 3.06 bits per heavy atom. The highest BCUT2D eigenvalue weighted by molar-refractivity contribution is 5.72. The van der Waals surface area contributed by atoms with E-state index >= 15 is 0 Å². The first-order valence-electron chi connectivity index (χ1n) is 5.61. The number of aromatic nitrogens is 2. The topological polar surface area (TPSA) is 50.6 Å². The Hall–Kier alpha value is -1.67. The molecule has 1 rings (SSSR count). The van der Waals surface area contributed by atoms with Crippen LogP contribution >= 0.6 is 0 Å². The van der Waals surface area contributed by atoms with Gasteiger partial charge in [0.1, 0.15) is 18.5 Å². The van der Waals surface area contributed by atoms with Crippen molar-refractivity contribution >= 4 is 6.21 Å². The Morgan fingerprint density at radius 1 is 1.61 bits per heavy atom. The van der Waals surface area contributed by atoms with Gasteiger partial charge in [-0.15, -0.1) is 0 Å². The summed E-state index contributed by atoms with van der Waals surface area (Å²) in [4.78, 5) is 0. The number of hydrogen-bond acceptors (Lipinski definition) is 3. The first kappa shape index (κ1) is 16.3. The minimum Gasteiger partial charge on any atom is -1.00 e. The van der Waals surface area contributed by atoms with Crippen molar-refractivity contribution in [1.82, 2.24) is 4.57 Å². The van der Waals surface area contributed by atoms with Crippen LogP contribution in [0.1, 0.15) is 32.0 Å². The number of unbranched alkanes of at least 4 members (excludes halogenated alkanes) is 2. The molecule has 1 aromatic heterocycles. The first-order chi connectivity index (χ1) is 8.29. The molecule has 0 saturated heterocycles. The predicted molar refractivity (Wildman–Crippen MR) is 63.4 cm³/mol. The number of oxime groups is 1. The third-order valence-electron chi connectivity index (χ3n) is 2.30. The molecule has 18 heavy (non-hydrogen) atoms. The highest BCUT2D eigenvalue weighted by atomic mass is 35.5. The van der Waals surface area contributed by atoms with Crippen molar-refractivity contribution in [1.29, 1.82) is 0 Å². The summed E-state index contributed by atoms with van der Waals surface area (Å²) in [6.45, 7) is 2.45. The Balaban J connectivity index is 0.00000289. The summed E-state index contributed by atoms with van der Waals surface area (Å²) in [5.74, 6) is 3.68. The molecule has 0 unspecified atom stereocenters. The monoisotopic (exact) mass is 271 g/mol.